The van der Waals surface area contributed by atoms with Gasteiger partial charge in [-0.05, 0) is 18.3 Å². The van der Waals surface area contributed by atoms with E-state index in [1.807, 2.05) is 6.20 Å². The standard InChI is InChI=1S/C9H15N/c1-7(2)9-8(3)5-4-6-10-9/h4,6-8H,5H2,1-3H3. The minimum absolute atomic E-state index is 0.611. The van der Waals surface area contributed by atoms with Gasteiger partial charge in [0.1, 0.15) is 0 Å². The molecule has 0 N–H and O–H groups in total. The molecule has 1 heteroatoms. The van der Waals surface area contributed by atoms with Crippen LogP contribution in [0.3, 0.4) is 0 Å². The first-order valence-electron chi connectivity index (χ1n) is 3.94. The lowest BCUT2D eigenvalue weighted by molar-refractivity contribution is 0.705. The van der Waals surface area contributed by atoms with Gasteiger partial charge in [-0.15, -0.1) is 0 Å². The van der Waals surface area contributed by atoms with Crippen LogP contribution in [0.25, 0.3) is 0 Å². The molecule has 0 aromatic rings. The molecule has 0 radical (unpaired) electrons. The average Bonchev–Trinajstić information content (AvgIpc) is 1.88. The maximum Gasteiger partial charge on any atom is 0.0235 e. The maximum absolute atomic E-state index is 4.35. The van der Waals surface area contributed by atoms with E-state index >= 15 is 0 Å². The highest BCUT2D eigenvalue weighted by atomic mass is 14.7. The van der Waals surface area contributed by atoms with Gasteiger partial charge in [0, 0.05) is 11.9 Å². The Bertz CT molecular complexity index is 166. The molecule has 0 amide bonds. The number of hydrogen-bond donors (Lipinski definition) is 0. The summed E-state index contributed by atoms with van der Waals surface area (Å²) in [5.41, 5.74) is 1.35. The largest absolute Gasteiger partial charge is 0.265 e. The van der Waals surface area contributed by atoms with E-state index in [1.165, 1.54) is 5.71 Å². The van der Waals surface area contributed by atoms with E-state index in [0.29, 0.717) is 11.8 Å². The number of allylic oxidation sites excluding steroid dienone is 1. The van der Waals surface area contributed by atoms with Gasteiger partial charge >= 0.3 is 0 Å². The lowest BCUT2D eigenvalue weighted by atomic mass is 9.92. The molecule has 1 atom stereocenters. The summed E-state index contributed by atoms with van der Waals surface area (Å²) in [5.74, 6) is 1.27. The zero-order valence-electron chi connectivity index (χ0n) is 6.96. The molecule has 0 saturated carbocycles. The Balaban J connectivity index is 2.70. The summed E-state index contributed by atoms with van der Waals surface area (Å²) in [7, 11) is 0. The second kappa shape index (κ2) is 3.00. The van der Waals surface area contributed by atoms with E-state index in [2.05, 4.69) is 31.8 Å². The van der Waals surface area contributed by atoms with Crippen molar-refractivity contribution >= 4 is 5.71 Å². The lowest BCUT2D eigenvalue weighted by Gasteiger charge is -2.18. The monoisotopic (exact) mass is 137 g/mol. The van der Waals surface area contributed by atoms with Crippen LogP contribution in [0, 0.1) is 11.8 Å². The molecular formula is C9H15N. The summed E-state index contributed by atoms with van der Waals surface area (Å²) >= 11 is 0. The Morgan fingerprint density at radius 3 is 2.70 bits per heavy atom. The summed E-state index contributed by atoms with van der Waals surface area (Å²) in [6, 6.07) is 0. The van der Waals surface area contributed by atoms with Crippen molar-refractivity contribution in [3.63, 3.8) is 0 Å². The highest BCUT2D eigenvalue weighted by molar-refractivity contribution is 5.89. The average molecular weight is 137 g/mol. The number of aliphatic imine (C=N–C) groups is 1. The fraction of sp³-hybridized carbons (Fsp3) is 0.667. The summed E-state index contributed by atoms with van der Waals surface area (Å²) in [5, 5.41) is 0. The molecule has 1 aliphatic heterocycles. The minimum atomic E-state index is 0.611. The fourth-order valence-corrected chi connectivity index (χ4v) is 1.37. The van der Waals surface area contributed by atoms with E-state index in [1.54, 1.807) is 0 Å². The van der Waals surface area contributed by atoms with E-state index in [0.717, 1.165) is 6.42 Å². The van der Waals surface area contributed by atoms with Crippen molar-refractivity contribution in [1.82, 2.24) is 0 Å². The molecule has 0 spiro atoms. The first kappa shape index (κ1) is 7.52. The molecule has 1 heterocycles. The molecule has 1 aliphatic rings. The zero-order chi connectivity index (χ0) is 7.56. The van der Waals surface area contributed by atoms with Crippen LogP contribution in [0.5, 0.6) is 0 Å². The summed E-state index contributed by atoms with van der Waals surface area (Å²) in [6.07, 6.45) is 5.23. The molecule has 0 aliphatic carbocycles. The van der Waals surface area contributed by atoms with Crippen LogP contribution in [0.4, 0.5) is 0 Å². The maximum atomic E-state index is 4.35. The molecule has 1 unspecified atom stereocenters. The molecule has 56 valence electrons. The van der Waals surface area contributed by atoms with Crippen molar-refractivity contribution < 1.29 is 0 Å². The van der Waals surface area contributed by atoms with Crippen molar-refractivity contribution in [3.8, 4) is 0 Å². The predicted octanol–water partition coefficient (Wildman–Crippen LogP) is 2.64. The van der Waals surface area contributed by atoms with Crippen LogP contribution in [0.15, 0.2) is 17.3 Å². The normalized spacial score (nSPS) is 25.2. The Kier molecular flexibility index (Phi) is 2.25. The molecule has 0 saturated heterocycles. The molecule has 1 nitrogen and oxygen atoms in total. The fourth-order valence-electron chi connectivity index (χ4n) is 1.37. The third-order valence-electron chi connectivity index (χ3n) is 1.92. The van der Waals surface area contributed by atoms with E-state index < -0.39 is 0 Å². The van der Waals surface area contributed by atoms with Gasteiger partial charge in [-0.25, -0.2) is 0 Å². The second-order valence-corrected chi connectivity index (χ2v) is 3.23. The molecular weight excluding hydrogens is 122 g/mol. The Labute approximate surface area is 62.9 Å². The van der Waals surface area contributed by atoms with Crippen LogP contribution in [-0.2, 0) is 0 Å². The Morgan fingerprint density at radius 1 is 1.60 bits per heavy atom. The summed E-state index contributed by atoms with van der Waals surface area (Å²) in [6.45, 7) is 6.64. The van der Waals surface area contributed by atoms with Crippen molar-refractivity contribution in [2.45, 2.75) is 27.2 Å². The third-order valence-corrected chi connectivity index (χ3v) is 1.92. The van der Waals surface area contributed by atoms with Crippen LogP contribution < -0.4 is 0 Å². The highest BCUT2D eigenvalue weighted by Crippen LogP contribution is 2.16. The molecule has 0 aromatic heterocycles. The molecule has 0 fully saturated rings. The van der Waals surface area contributed by atoms with Crippen LogP contribution in [0.2, 0.25) is 0 Å². The van der Waals surface area contributed by atoms with Crippen molar-refractivity contribution in [2.24, 2.45) is 16.8 Å². The topological polar surface area (TPSA) is 12.4 Å². The SMILES string of the molecule is CC(C)C1=NC=CCC1C. The van der Waals surface area contributed by atoms with Gasteiger partial charge in [-0.1, -0.05) is 26.8 Å². The molecule has 0 bridgehead atoms. The zero-order valence-corrected chi connectivity index (χ0v) is 6.96. The van der Waals surface area contributed by atoms with Gasteiger partial charge in [0.15, 0.2) is 0 Å². The summed E-state index contributed by atoms with van der Waals surface area (Å²) < 4.78 is 0. The quantitative estimate of drug-likeness (QED) is 0.527. The van der Waals surface area contributed by atoms with Crippen molar-refractivity contribution in [3.05, 3.63) is 12.3 Å². The van der Waals surface area contributed by atoms with Crippen molar-refractivity contribution in [2.75, 3.05) is 0 Å². The number of nitrogens with zero attached hydrogens (tertiary/aromatic N) is 1. The predicted molar refractivity (Wildman–Crippen MR) is 45.2 cm³/mol. The van der Waals surface area contributed by atoms with Crippen LogP contribution >= 0.6 is 0 Å². The van der Waals surface area contributed by atoms with Gasteiger partial charge in [0.25, 0.3) is 0 Å². The highest BCUT2D eigenvalue weighted by Gasteiger charge is 2.14. The van der Waals surface area contributed by atoms with Gasteiger partial charge in [0.2, 0.25) is 0 Å². The first-order chi connectivity index (χ1) is 4.72. The van der Waals surface area contributed by atoms with Gasteiger partial charge < -0.3 is 0 Å². The third kappa shape index (κ3) is 1.47. The number of rotatable bonds is 1. The van der Waals surface area contributed by atoms with Gasteiger partial charge in [-0.3, -0.25) is 4.99 Å². The van der Waals surface area contributed by atoms with E-state index in [4.69, 9.17) is 0 Å². The summed E-state index contributed by atoms with van der Waals surface area (Å²) in [4.78, 5) is 4.35. The Morgan fingerprint density at radius 2 is 2.30 bits per heavy atom. The van der Waals surface area contributed by atoms with E-state index in [9.17, 15) is 0 Å². The smallest absolute Gasteiger partial charge is 0.0235 e. The first-order valence-corrected chi connectivity index (χ1v) is 3.94. The van der Waals surface area contributed by atoms with Gasteiger partial charge in [-0.2, -0.15) is 0 Å². The molecule has 0 aromatic carbocycles. The van der Waals surface area contributed by atoms with Crippen LogP contribution in [-0.4, -0.2) is 5.71 Å². The lowest BCUT2D eigenvalue weighted by Crippen LogP contribution is -2.18. The Hall–Kier alpha value is -0.590. The van der Waals surface area contributed by atoms with Gasteiger partial charge in [0.05, 0.1) is 0 Å². The van der Waals surface area contributed by atoms with Crippen molar-refractivity contribution in [1.29, 1.82) is 0 Å². The van der Waals surface area contributed by atoms with E-state index in [-0.39, 0.29) is 0 Å². The minimum Gasteiger partial charge on any atom is -0.265 e. The molecule has 1 rings (SSSR count). The number of hydrogen-bond acceptors (Lipinski definition) is 1. The van der Waals surface area contributed by atoms with Crippen LogP contribution in [0.1, 0.15) is 27.2 Å². The second-order valence-electron chi connectivity index (χ2n) is 3.23. The molecule has 10 heavy (non-hydrogen) atoms.